The van der Waals surface area contributed by atoms with Gasteiger partial charge in [0.15, 0.2) is 5.79 Å². The normalized spacial score (nSPS) is 25.9. The van der Waals surface area contributed by atoms with Crippen molar-refractivity contribution < 1.29 is 23.8 Å². The standard InChI is InChI=1S/C23H38O5/c1-22(2,3)28-21(25)19-14-12-17(20(19)24)10-8-7-9-16-11-13-18(15-16)27-23(4,5)26-6/h15,17-19H,7-14H2,1-6H3. The number of hydrogen-bond acceptors (Lipinski definition) is 5. The molecule has 0 heterocycles. The quantitative estimate of drug-likeness (QED) is 0.182. The molecule has 0 spiro atoms. The van der Waals surface area contributed by atoms with Gasteiger partial charge in [-0.05, 0) is 79.6 Å². The van der Waals surface area contributed by atoms with E-state index < -0.39 is 17.3 Å². The molecule has 0 aromatic carbocycles. The minimum Gasteiger partial charge on any atom is -0.459 e. The summed E-state index contributed by atoms with van der Waals surface area (Å²) in [7, 11) is 1.66. The zero-order valence-corrected chi connectivity index (χ0v) is 18.5. The van der Waals surface area contributed by atoms with E-state index in [2.05, 4.69) is 6.08 Å². The molecule has 0 aromatic heterocycles. The van der Waals surface area contributed by atoms with E-state index >= 15 is 0 Å². The van der Waals surface area contributed by atoms with Crippen LogP contribution in [-0.4, -0.2) is 36.4 Å². The van der Waals surface area contributed by atoms with Gasteiger partial charge >= 0.3 is 5.97 Å². The Balaban J connectivity index is 1.69. The Hall–Kier alpha value is -1.20. The highest BCUT2D eigenvalue weighted by molar-refractivity contribution is 6.01. The van der Waals surface area contributed by atoms with Gasteiger partial charge in [0.25, 0.3) is 0 Å². The number of ether oxygens (including phenoxy) is 3. The summed E-state index contributed by atoms with van der Waals surface area (Å²) >= 11 is 0. The maximum atomic E-state index is 12.5. The van der Waals surface area contributed by atoms with E-state index in [1.54, 1.807) is 7.11 Å². The van der Waals surface area contributed by atoms with Crippen molar-refractivity contribution in [2.45, 2.75) is 103 Å². The van der Waals surface area contributed by atoms with Gasteiger partial charge in [0.05, 0.1) is 6.10 Å². The molecule has 0 radical (unpaired) electrons. The van der Waals surface area contributed by atoms with Crippen LogP contribution in [0.5, 0.6) is 0 Å². The summed E-state index contributed by atoms with van der Waals surface area (Å²) in [6.07, 6.45) is 9.94. The third kappa shape index (κ3) is 7.00. The molecule has 2 aliphatic carbocycles. The first-order chi connectivity index (χ1) is 13.0. The van der Waals surface area contributed by atoms with Gasteiger partial charge in [-0.3, -0.25) is 9.59 Å². The van der Waals surface area contributed by atoms with Crippen molar-refractivity contribution in [3.63, 3.8) is 0 Å². The summed E-state index contributed by atoms with van der Waals surface area (Å²) in [6, 6.07) is 0. The van der Waals surface area contributed by atoms with Crippen molar-refractivity contribution in [3.05, 3.63) is 11.6 Å². The van der Waals surface area contributed by atoms with Crippen molar-refractivity contribution in [3.8, 4) is 0 Å². The van der Waals surface area contributed by atoms with Gasteiger partial charge < -0.3 is 14.2 Å². The van der Waals surface area contributed by atoms with Crippen molar-refractivity contribution in [2.75, 3.05) is 7.11 Å². The van der Waals surface area contributed by atoms with E-state index in [1.807, 2.05) is 34.6 Å². The third-order valence-corrected chi connectivity index (χ3v) is 5.64. The predicted molar refractivity (Wildman–Crippen MR) is 109 cm³/mol. The zero-order valence-electron chi connectivity index (χ0n) is 18.5. The second-order valence-electron chi connectivity index (χ2n) is 9.63. The predicted octanol–water partition coefficient (Wildman–Crippen LogP) is 4.97. The number of rotatable bonds is 9. The molecule has 3 atom stereocenters. The van der Waals surface area contributed by atoms with E-state index in [-0.39, 0.29) is 23.8 Å². The molecule has 0 aromatic rings. The minimum atomic E-state index is -0.552. The SMILES string of the molecule is COC(C)(C)OC1C=C(CCCCC2CCC(C(=O)OC(C)(C)C)C2=O)CC1. The van der Waals surface area contributed by atoms with Crippen LogP contribution in [0.3, 0.4) is 0 Å². The fraction of sp³-hybridized carbons (Fsp3) is 0.826. The van der Waals surface area contributed by atoms with Crippen LogP contribution >= 0.6 is 0 Å². The number of unbranched alkanes of at least 4 members (excludes halogenated alkanes) is 1. The fourth-order valence-electron chi connectivity index (χ4n) is 4.04. The molecule has 3 unspecified atom stereocenters. The molecule has 0 amide bonds. The van der Waals surface area contributed by atoms with Crippen LogP contribution in [0.2, 0.25) is 0 Å². The Bertz CT molecular complexity index is 584. The Morgan fingerprint density at radius 3 is 2.46 bits per heavy atom. The Morgan fingerprint density at radius 2 is 1.82 bits per heavy atom. The Labute approximate surface area is 170 Å². The smallest absolute Gasteiger partial charge is 0.317 e. The molecule has 0 aliphatic heterocycles. The summed E-state index contributed by atoms with van der Waals surface area (Å²) < 4.78 is 16.7. The van der Waals surface area contributed by atoms with Crippen LogP contribution < -0.4 is 0 Å². The summed E-state index contributed by atoms with van der Waals surface area (Å²) in [6.45, 7) is 9.38. The maximum Gasteiger partial charge on any atom is 0.317 e. The molecule has 1 saturated carbocycles. The topological polar surface area (TPSA) is 61.8 Å². The minimum absolute atomic E-state index is 0.0219. The first-order valence-corrected chi connectivity index (χ1v) is 10.7. The molecule has 5 nitrogen and oxygen atoms in total. The number of ketones is 1. The number of hydrogen-bond donors (Lipinski definition) is 0. The Kier molecular flexibility index (Phi) is 7.86. The van der Waals surface area contributed by atoms with E-state index in [0.717, 1.165) is 44.9 Å². The number of carbonyl (C=O) groups is 2. The first-order valence-electron chi connectivity index (χ1n) is 10.7. The molecule has 0 N–H and O–H groups in total. The van der Waals surface area contributed by atoms with Gasteiger partial charge in [0.2, 0.25) is 0 Å². The van der Waals surface area contributed by atoms with Crippen molar-refractivity contribution in [2.24, 2.45) is 11.8 Å². The lowest BCUT2D eigenvalue weighted by Crippen LogP contribution is -2.31. The molecule has 5 heteroatoms. The first kappa shape index (κ1) is 23.1. The lowest BCUT2D eigenvalue weighted by atomic mass is 9.96. The van der Waals surface area contributed by atoms with Gasteiger partial charge in [0, 0.05) is 13.0 Å². The van der Waals surface area contributed by atoms with E-state index in [1.165, 1.54) is 5.57 Å². The fourth-order valence-corrected chi connectivity index (χ4v) is 4.04. The van der Waals surface area contributed by atoms with Crippen LogP contribution in [0.25, 0.3) is 0 Å². The van der Waals surface area contributed by atoms with E-state index in [9.17, 15) is 9.59 Å². The number of allylic oxidation sites excluding steroid dienone is 1. The number of esters is 1. The Morgan fingerprint density at radius 1 is 1.11 bits per heavy atom. The summed E-state index contributed by atoms with van der Waals surface area (Å²) in [5, 5.41) is 0. The number of carbonyl (C=O) groups excluding carboxylic acids is 2. The van der Waals surface area contributed by atoms with E-state index in [4.69, 9.17) is 14.2 Å². The lowest BCUT2D eigenvalue weighted by Gasteiger charge is -2.26. The molecule has 0 saturated heterocycles. The third-order valence-electron chi connectivity index (χ3n) is 5.64. The highest BCUT2D eigenvalue weighted by Crippen LogP contribution is 2.34. The van der Waals surface area contributed by atoms with Gasteiger partial charge in [-0.1, -0.05) is 18.1 Å². The zero-order chi connectivity index (χ0) is 20.9. The van der Waals surface area contributed by atoms with Gasteiger partial charge in [-0.25, -0.2) is 0 Å². The molecule has 28 heavy (non-hydrogen) atoms. The van der Waals surface area contributed by atoms with Crippen LogP contribution in [0.15, 0.2) is 11.6 Å². The van der Waals surface area contributed by atoms with Crippen molar-refractivity contribution in [1.29, 1.82) is 0 Å². The lowest BCUT2D eigenvalue weighted by molar-refractivity contribution is -0.213. The van der Waals surface area contributed by atoms with Crippen LogP contribution in [0.1, 0.15) is 86.0 Å². The summed E-state index contributed by atoms with van der Waals surface area (Å²) in [4.78, 5) is 24.7. The summed E-state index contributed by atoms with van der Waals surface area (Å²) in [5.41, 5.74) is 0.908. The average Bonchev–Trinajstić information content (AvgIpc) is 3.16. The van der Waals surface area contributed by atoms with Crippen molar-refractivity contribution in [1.82, 2.24) is 0 Å². The van der Waals surface area contributed by atoms with Crippen molar-refractivity contribution >= 4 is 11.8 Å². The molecule has 2 aliphatic rings. The van der Waals surface area contributed by atoms with Crippen LogP contribution in [0.4, 0.5) is 0 Å². The highest BCUT2D eigenvalue weighted by Gasteiger charge is 2.40. The highest BCUT2D eigenvalue weighted by atomic mass is 16.7. The molecular formula is C23H38O5. The van der Waals surface area contributed by atoms with E-state index in [0.29, 0.717) is 6.42 Å². The second-order valence-corrected chi connectivity index (χ2v) is 9.63. The average molecular weight is 395 g/mol. The van der Waals surface area contributed by atoms with Gasteiger partial charge in [0.1, 0.15) is 17.3 Å². The van der Waals surface area contributed by atoms with Crippen LogP contribution in [-0.2, 0) is 23.8 Å². The second kappa shape index (κ2) is 9.53. The number of methoxy groups -OCH3 is 1. The monoisotopic (exact) mass is 394 g/mol. The van der Waals surface area contributed by atoms with Gasteiger partial charge in [-0.15, -0.1) is 0 Å². The summed E-state index contributed by atoms with van der Waals surface area (Å²) in [5.74, 6) is -1.34. The number of Topliss-reactive ketones (excluding diaryl/α,β-unsaturated/α-hetero) is 1. The van der Waals surface area contributed by atoms with Gasteiger partial charge in [-0.2, -0.15) is 0 Å². The maximum absolute atomic E-state index is 12.5. The molecule has 160 valence electrons. The molecule has 0 bridgehead atoms. The molecule has 1 fully saturated rings. The largest absolute Gasteiger partial charge is 0.459 e. The molecule has 2 rings (SSSR count). The van der Waals surface area contributed by atoms with Crippen LogP contribution in [0, 0.1) is 11.8 Å². The molecular weight excluding hydrogens is 356 g/mol.